The molecule has 1 aliphatic heterocycles. The Hall–Kier alpha value is -1.07. The fourth-order valence-electron chi connectivity index (χ4n) is 2.05. The quantitative estimate of drug-likeness (QED) is 0.801. The standard InChI is InChI=1S/C11H18ClN5/c12-9-8-10(16-11(13)15-9)14-4-7-17-5-2-1-3-6-17/h8H,1-7H2,(H3,13,14,15,16). The molecule has 3 N–H and O–H groups in total. The first kappa shape index (κ1) is 12.4. The van der Waals surface area contributed by atoms with Gasteiger partial charge in [-0.3, -0.25) is 0 Å². The molecule has 1 aliphatic rings. The van der Waals surface area contributed by atoms with Crippen LogP contribution in [0.25, 0.3) is 0 Å². The molecule has 1 aromatic heterocycles. The smallest absolute Gasteiger partial charge is 0.223 e. The molecule has 1 aromatic rings. The fraction of sp³-hybridized carbons (Fsp3) is 0.636. The Labute approximate surface area is 106 Å². The van der Waals surface area contributed by atoms with Crippen molar-refractivity contribution in [2.75, 3.05) is 37.2 Å². The van der Waals surface area contributed by atoms with Gasteiger partial charge in [0.15, 0.2) is 0 Å². The maximum Gasteiger partial charge on any atom is 0.223 e. The molecule has 0 amide bonds. The Balaban J connectivity index is 1.77. The lowest BCUT2D eigenvalue weighted by Gasteiger charge is -2.26. The van der Waals surface area contributed by atoms with Crippen LogP contribution < -0.4 is 11.1 Å². The summed E-state index contributed by atoms with van der Waals surface area (Å²) in [6.45, 7) is 4.29. The van der Waals surface area contributed by atoms with Gasteiger partial charge in [-0.15, -0.1) is 0 Å². The second-order valence-electron chi connectivity index (χ2n) is 4.26. The van der Waals surface area contributed by atoms with Crippen molar-refractivity contribution in [3.63, 3.8) is 0 Å². The zero-order valence-corrected chi connectivity index (χ0v) is 10.6. The van der Waals surface area contributed by atoms with E-state index in [4.69, 9.17) is 17.3 Å². The molecule has 0 radical (unpaired) electrons. The molecule has 0 bridgehead atoms. The molecule has 94 valence electrons. The second-order valence-corrected chi connectivity index (χ2v) is 4.65. The van der Waals surface area contributed by atoms with Crippen molar-refractivity contribution >= 4 is 23.4 Å². The minimum atomic E-state index is 0.206. The van der Waals surface area contributed by atoms with Crippen molar-refractivity contribution < 1.29 is 0 Å². The SMILES string of the molecule is Nc1nc(Cl)cc(NCCN2CCCCC2)n1. The third-order valence-electron chi connectivity index (χ3n) is 2.90. The zero-order chi connectivity index (χ0) is 12.1. The zero-order valence-electron chi connectivity index (χ0n) is 9.82. The van der Waals surface area contributed by atoms with Crippen LogP contribution in [0.2, 0.25) is 5.15 Å². The van der Waals surface area contributed by atoms with Gasteiger partial charge < -0.3 is 16.0 Å². The molecule has 0 aromatic carbocycles. The van der Waals surface area contributed by atoms with E-state index in [0.29, 0.717) is 11.0 Å². The predicted octanol–water partition coefficient (Wildman–Crippen LogP) is 1.61. The van der Waals surface area contributed by atoms with Gasteiger partial charge in [0, 0.05) is 19.2 Å². The van der Waals surface area contributed by atoms with Crippen molar-refractivity contribution in [3.05, 3.63) is 11.2 Å². The van der Waals surface area contributed by atoms with E-state index in [1.54, 1.807) is 6.07 Å². The number of halogens is 1. The molecular formula is C11H18ClN5. The lowest BCUT2D eigenvalue weighted by molar-refractivity contribution is 0.237. The minimum absolute atomic E-state index is 0.206. The molecule has 0 aliphatic carbocycles. The van der Waals surface area contributed by atoms with Gasteiger partial charge in [0.2, 0.25) is 5.95 Å². The van der Waals surface area contributed by atoms with Gasteiger partial charge in [-0.2, -0.15) is 4.98 Å². The summed E-state index contributed by atoms with van der Waals surface area (Å²) in [6.07, 6.45) is 3.99. The van der Waals surface area contributed by atoms with Crippen LogP contribution in [0.1, 0.15) is 19.3 Å². The third-order valence-corrected chi connectivity index (χ3v) is 3.09. The molecule has 5 nitrogen and oxygen atoms in total. The van der Waals surface area contributed by atoms with Crippen LogP contribution in [0.4, 0.5) is 11.8 Å². The number of nitrogen functional groups attached to an aromatic ring is 1. The highest BCUT2D eigenvalue weighted by Gasteiger charge is 2.09. The van der Waals surface area contributed by atoms with Crippen LogP contribution in [0.15, 0.2) is 6.07 Å². The molecule has 0 spiro atoms. The first-order valence-electron chi connectivity index (χ1n) is 6.00. The summed E-state index contributed by atoms with van der Waals surface area (Å²) in [7, 11) is 0. The number of aromatic nitrogens is 2. The molecule has 6 heteroatoms. The molecular weight excluding hydrogens is 238 g/mol. The topological polar surface area (TPSA) is 67.1 Å². The number of piperidine rings is 1. The van der Waals surface area contributed by atoms with Crippen LogP contribution >= 0.6 is 11.6 Å². The number of hydrogen-bond acceptors (Lipinski definition) is 5. The summed E-state index contributed by atoms with van der Waals surface area (Å²) in [5.74, 6) is 0.900. The normalized spacial score (nSPS) is 17.0. The van der Waals surface area contributed by atoms with Gasteiger partial charge in [0.25, 0.3) is 0 Å². The molecule has 2 heterocycles. The van der Waals surface area contributed by atoms with Gasteiger partial charge in [0.05, 0.1) is 0 Å². The van der Waals surface area contributed by atoms with Crippen molar-refractivity contribution in [1.29, 1.82) is 0 Å². The van der Waals surface area contributed by atoms with Crippen LogP contribution in [0, 0.1) is 0 Å². The van der Waals surface area contributed by atoms with Crippen LogP contribution in [-0.2, 0) is 0 Å². The van der Waals surface area contributed by atoms with Gasteiger partial charge in [-0.05, 0) is 25.9 Å². The van der Waals surface area contributed by atoms with Crippen molar-refractivity contribution in [2.45, 2.75) is 19.3 Å². The molecule has 1 saturated heterocycles. The Morgan fingerprint density at radius 3 is 2.76 bits per heavy atom. The average Bonchev–Trinajstić information content (AvgIpc) is 2.29. The summed E-state index contributed by atoms with van der Waals surface area (Å²) >= 11 is 5.80. The number of nitrogens with two attached hydrogens (primary N) is 1. The number of rotatable bonds is 4. The van der Waals surface area contributed by atoms with Gasteiger partial charge >= 0.3 is 0 Å². The van der Waals surface area contributed by atoms with E-state index in [2.05, 4.69) is 20.2 Å². The minimum Gasteiger partial charge on any atom is -0.369 e. The Morgan fingerprint density at radius 1 is 1.29 bits per heavy atom. The van der Waals surface area contributed by atoms with Crippen molar-refractivity contribution in [1.82, 2.24) is 14.9 Å². The summed E-state index contributed by atoms with van der Waals surface area (Å²) in [5.41, 5.74) is 5.52. The summed E-state index contributed by atoms with van der Waals surface area (Å²) < 4.78 is 0. The lowest BCUT2D eigenvalue weighted by Crippen LogP contribution is -2.33. The van der Waals surface area contributed by atoms with Crippen LogP contribution in [-0.4, -0.2) is 41.0 Å². The number of anilines is 2. The highest BCUT2D eigenvalue weighted by Crippen LogP contribution is 2.12. The van der Waals surface area contributed by atoms with E-state index in [0.717, 1.165) is 13.1 Å². The maximum absolute atomic E-state index is 5.80. The third kappa shape index (κ3) is 4.02. The number of hydrogen-bond donors (Lipinski definition) is 2. The van der Waals surface area contributed by atoms with E-state index in [-0.39, 0.29) is 5.95 Å². The largest absolute Gasteiger partial charge is 0.369 e. The molecule has 0 atom stereocenters. The van der Waals surface area contributed by atoms with E-state index in [9.17, 15) is 0 Å². The number of nitrogens with one attached hydrogen (secondary N) is 1. The van der Waals surface area contributed by atoms with E-state index in [1.807, 2.05) is 0 Å². The monoisotopic (exact) mass is 255 g/mol. The second kappa shape index (κ2) is 6.02. The number of likely N-dealkylation sites (tertiary alicyclic amines) is 1. The predicted molar refractivity (Wildman–Crippen MR) is 70.2 cm³/mol. The molecule has 1 fully saturated rings. The Morgan fingerprint density at radius 2 is 2.06 bits per heavy atom. The van der Waals surface area contributed by atoms with E-state index in [1.165, 1.54) is 32.4 Å². The van der Waals surface area contributed by atoms with Gasteiger partial charge in [-0.25, -0.2) is 4.98 Å². The summed E-state index contributed by atoms with van der Waals surface area (Å²) in [6, 6.07) is 1.69. The average molecular weight is 256 g/mol. The summed E-state index contributed by atoms with van der Waals surface area (Å²) in [5, 5.41) is 3.59. The molecule has 17 heavy (non-hydrogen) atoms. The maximum atomic E-state index is 5.80. The van der Waals surface area contributed by atoms with E-state index >= 15 is 0 Å². The first-order valence-corrected chi connectivity index (χ1v) is 6.38. The van der Waals surface area contributed by atoms with E-state index < -0.39 is 0 Å². The first-order chi connectivity index (χ1) is 8.24. The van der Waals surface area contributed by atoms with Crippen LogP contribution in [0.3, 0.4) is 0 Å². The Kier molecular flexibility index (Phi) is 4.39. The fourth-order valence-corrected chi connectivity index (χ4v) is 2.24. The summed E-state index contributed by atoms with van der Waals surface area (Å²) in [4.78, 5) is 10.3. The highest BCUT2D eigenvalue weighted by atomic mass is 35.5. The molecule has 0 saturated carbocycles. The van der Waals surface area contributed by atoms with Gasteiger partial charge in [-0.1, -0.05) is 18.0 Å². The highest BCUT2D eigenvalue weighted by molar-refractivity contribution is 6.29. The Bertz CT molecular complexity index is 345. The number of nitrogens with zero attached hydrogens (tertiary/aromatic N) is 3. The lowest BCUT2D eigenvalue weighted by atomic mass is 10.1. The molecule has 0 unspecified atom stereocenters. The van der Waals surface area contributed by atoms with Crippen LogP contribution in [0.5, 0.6) is 0 Å². The van der Waals surface area contributed by atoms with Crippen molar-refractivity contribution in [2.24, 2.45) is 0 Å². The van der Waals surface area contributed by atoms with Crippen molar-refractivity contribution in [3.8, 4) is 0 Å². The molecule has 2 rings (SSSR count). The van der Waals surface area contributed by atoms with Gasteiger partial charge in [0.1, 0.15) is 11.0 Å².